The number of thiazole rings is 1. The van der Waals surface area contributed by atoms with Crippen molar-refractivity contribution in [2.24, 2.45) is 5.92 Å². The summed E-state index contributed by atoms with van der Waals surface area (Å²) in [5, 5.41) is 10.3. The van der Waals surface area contributed by atoms with Crippen molar-refractivity contribution in [1.29, 1.82) is 5.26 Å². The molecule has 0 radical (unpaired) electrons. The minimum atomic E-state index is -0.297. The monoisotopic (exact) mass is 417 g/mol. The Morgan fingerprint density at radius 1 is 1.46 bits per heavy atom. The number of carbonyl (C=O) groups excluding carboxylic acids is 1. The summed E-state index contributed by atoms with van der Waals surface area (Å²) < 4.78 is 6.41. The topological polar surface area (TPSA) is 74.0 Å². The third-order valence-corrected chi connectivity index (χ3v) is 7.40. The molecule has 3 rings (SSSR count). The number of piperidine rings is 1. The first-order valence-corrected chi connectivity index (χ1v) is 11.3. The maximum absolute atomic E-state index is 13.2. The fourth-order valence-corrected chi connectivity index (χ4v) is 5.37. The zero-order valence-electron chi connectivity index (χ0n) is 16.6. The lowest BCUT2D eigenvalue weighted by Gasteiger charge is -2.33. The lowest BCUT2D eigenvalue weighted by Crippen LogP contribution is -2.47. The van der Waals surface area contributed by atoms with E-state index < -0.39 is 0 Å². The molecule has 1 N–H and O–H groups in total. The van der Waals surface area contributed by atoms with Gasteiger partial charge in [0.15, 0.2) is 0 Å². The summed E-state index contributed by atoms with van der Waals surface area (Å²) in [5.74, 6) is 0.842. The second-order valence-corrected chi connectivity index (χ2v) is 9.68. The maximum atomic E-state index is 13.2. The molecule has 1 aliphatic rings. The number of nitrogens with zero attached hydrogens (tertiary/aromatic N) is 4. The van der Waals surface area contributed by atoms with E-state index in [1.165, 1.54) is 11.9 Å². The molecule has 1 unspecified atom stereocenters. The zero-order chi connectivity index (χ0) is 20.1. The van der Waals surface area contributed by atoms with Crippen molar-refractivity contribution in [2.45, 2.75) is 56.8 Å². The summed E-state index contributed by atoms with van der Waals surface area (Å²) in [7, 11) is 0. The minimum absolute atomic E-state index is 0.156. The molecule has 2 aromatic rings. The predicted molar refractivity (Wildman–Crippen MR) is 113 cm³/mol. The standard InChI is InChI=1S/C20H27N5OS2/c1-14-6-10-25(11-7-14)19(26)18(8-12-24-9-4-5-17(24)13-21)23-28-20-15(2)22-16(3)27-20/h4-5,9,14,18,23H,6-8,10-12H2,1-3H3. The molecular weight excluding hydrogens is 390 g/mol. The molecule has 1 saturated heterocycles. The van der Waals surface area contributed by atoms with Gasteiger partial charge in [0.1, 0.15) is 11.8 Å². The van der Waals surface area contributed by atoms with Gasteiger partial charge in [-0.05, 0) is 63.1 Å². The van der Waals surface area contributed by atoms with E-state index in [2.05, 4.69) is 22.7 Å². The summed E-state index contributed by atoms with van der Waals surface area (Å²) >= 11 is 3.14. The largest absolute Gasteiger partial charge is 0.341 e. The molecule has 1 atom stereocenters. The summed E-state index contributed by atoms with van der Waals surface area (Å²) in [5.41, 5.74) is 1.62. The van der Waals surface area contributed by atoms with E-state index in [4.69, 9.17) is 0 Å². The number of hydrogen-bond acceptors (Lipinski definition) is 6. The lowest BCUT2D eigenvalue weighted by molar-refractivity contribution is -0.134. The van der Waals surface area contributed by atoms with Gasteiger partial charge in [-0.2, -0.15) is 5.26 Å². The van der Waals surface area contributed by atoms with Crippen LogP contribution in [0.5, 0.6) is 0 Å². The van der Waals surface area contributed by atoms with Crippen molar-refractivity contribution in [1.82, 2.24) is 19.2 Å². The number of aryl methyl sites for hydroxylation is 3. The number of likely N-dealkylation sites (tertiary alicyclic amines) is 1. The molecule has 0 saturated carbocycles. The average molecular weight is 418 g/mol. The third kappa shape index (κ3) is 5.16. The van der Waals surface area contributed by atoms with Crippen LogP contribution in [-0.4, -0.2) is 39.5 Å². The molecule has 1 aliphatic heterocycles. The number of hydrogen-bond donors (Lipinski definition) is 1. The molecular formula is C20H27N5OS2. The molecule has 6 nitrogen and oxygen atoms in total. The van der Waals surface area contributed by atoms with Crippen LogP contribution in [0.4, 0.5) is 0 Å². The molecule has 0 bridgehead atoms. The number of aromatic nitrogens is 2. The Labute approximate surface area is 175 Å². The summed E-state index contributed by atoms with van der Waals surface area (Å²) in [6, 6.07) is 5.57. The van der Waals surface area contributed by atoms with Gasteiger partial charge < -0.3 is 9.47 Å². The van der Waals surface area contributed by atoms with Crippen LogP contribution < -0.4 is 4.72 Å². The van der Waals surface area contributed by atoms with E-state index in [1.807, 2.05) is 35.6 Å². The number of rotatable bonds is 7. The Morgan fingerprint density at radius 2 is 2.21 bits per heavy atom. The van der Waals surface area contributed by atoms with Crippen molar-refractivity contribution in [3.8, 4) is 6.07 Å². The van der Waals surface area contributed by atoms with Gasteiger partial charge in [-0.15, -0.1) is 11.3 Å². The van der Waals surface area contributed by atoms with Gasteiger partial charge in [-0.3, -0.25) is 4.79 Å². The molecule has 0 aliphatic carbocycles. The van der Waals surface area contributed by atoms with Crippen LogP contribution in [0.15, 0.2) is 22.5 Å². The third-order valence-electron chi connectivity index (χ3n) is 5.15. The smallest absolute Gasteiger partial charge is 0.240 e. The summed E-state index contributed by atoms with van der Waals surface area (Å²) in [4.78, 5) is 19.6. The van der Waals surface area contributed by atoms with Gasteiger partial charge in [0.25, 0.3) is 0 Å². The second-order valence-electron chi connectivity index (χ2n) is 7.37. The Bertz CT molecular complexity index is 845. The van der Waals surface area contributed by atoms with Crippen molar-refractivity contribution in [3.05, 3.63) is 34.7 Å². The molecule has 3 heterocycles. The Kier molecular flexibility index (Phi) is 7.16. The van der Waals surface area contributed by atoms with Crippen molar-refractivity contribution < 1.29 is 4.79 Å². The highest BCUT2D eigenvalue weighted by Crippen LogP contribution is 2.28. The van der Waals surface area contributed by atoms with Gasteiger partial charge in [0.2, 0.25) is 5.91 Å². The van der Waals surface area contributed by atoms with Crippen LogP contribution in [-0.2, 0) is 11.3 Å². The Morgan fingerprint density at radius 3 is 2.86 bits per heavy atom. The molecule has 150 valence electrons. The second kappa shape index (κ2) is 9.59. The molecule has 28 heavy (non-hydrogen) atoms. The van der Waals surface area contributed by atoms with E-state index >= 15 is 0 Å². The average Bonchev–Trinajstić information content (AvgIpc) is 3.27. The minimum Gasteiger partial charge on any atom is -0.341 e. The Balaban J connectivity index is 1.68. The fraction of sp³-hybridized carbons (Fsp3) is 0.550. The van der Waals surface area contributed by atoms with Crippen molar-refractivity contribution in [3.63, 3.8) is 0 Å². The predicted octanol–water partition coefficient (Wildman–Crippen LogP) is 3.75. The normalized spacial score (nSPS) is 16.1. The highest BCUT2D eigenvalue weighted by atomic mass is 32.2. The van der Waals surface area contributed by atoms with E-state index in [-0.39, 0.29) is 11.9 Å². The van der Waals surface area contributed by atoms with Crippen LogP contribution >= 0.6 is 23.3 Å². The van der Waals surface area contributed by atoms with Crippen LogP contribution in [0.25, 0.3) is 0 Å². The summed E-state index contributed by atoms with van der Waals surface area (Å²) in [6.45, 7) is 8.52. The van der Waals surface area contributed by atoms with E-state index in [1.54, 1.807) is 17.4 Å². The lowest BCUT2D eigenvalue weighted by atomic mass is 9.98. The molecule has 0 spiro atoms. The van der Waals surface area contributed by atoms with Crippen LogP contribution in [0, 0.1) is 31.1 Å². The Hall–Kier alpha value is -1.82. The van der Waals surface area contributed by atoms with Crippen LogP contribution in [0.1, 0.15) is 42.6 Å². The number of carbonyl (C=O) groups is 1. The van der Waals surface area contributed by atoms with Crippen molar-refractivity contribution in [2.75, 3.05) is 13.1 Å². The molecule has 1 amide bonds. The molecule has 1 fully saturated rings. The molecule has 0 aromatic carbocycles. The van der Waals surface area contributed by atoms with Gasteiger partial charge in [-0.25, -0.2) is 9.71 Å². The van der Waals surface area contributed by atoms with Crippen LogP contribution in [0.3, 0.4) is 0 Å². The van der Waals surface area contributed by atoms with Gasteiger partial charge in [0, 0.05) is 25.8 Å². The van der Waals surface area contributed by atoms with E-state index in [9.17, 15) is 10.1 Å². The highest BCUT2D eigenvalue weighted by Gasteiger charge is 2.27. The molecule has 2 aromatic heterocycles. The molecule has 8 heteroatoms. The first-order chi connectivity index (χ1) is 13.5. The highest BCUT2D eigenvalue weighted by molar-refractivity contribution is 7.99. The zero-order valence-corrected chi connectivity index (χ0v) is 18.3. The number of nitriles is 1. The maximum Gasteiger partial charge on any atom is 0.240 e. The number of amides is 1. The van der Waals surface area contributed by atoms with Crippen molar-refractivity contribution >= 4 is 29.2 Å². The van der Waals surface area contributed by atoms with Gasteiger partial charge >= 0.3 is 0 Å². The van der Waals surface area contributed by atoms with E-state index in [0.29, 0.717) is 24.6 Å². The first-order valence-electron chi connectivity index (χ1n) is 9.68. The van der Waals surface area contributed by atoms with Gasteiger partial charge in [-0.1, -0.05) is 6.92 Å². The summed E-state index contributed by atoms with van der Waals surface area (Å²) in [6.07, 6.45) is 4.66. The number of nitrogens with one attached hydrogen (secondary N) is 1. The SMILES string of the molecule is Cc1nc(C)c(SNC(CCn2cccc2C#N)C(=O)N2CCC(C)CC2)s1. The quantitative estimate of drug-likeness (QED) is 0.695. The van der Waals surface area contributed by atoms with Gasteiger partial charge in [0.05, 0.1) is 21.0 Å². The first kappa shape index (κ1) is 20.9. The fourth-order valence-electron chi connectivity index (χ4n) is 3.39. The van der Waals surface area contributed by atoms with E-state index in [0.717, 1.165) is 40.8 Å². The van der Waals surface area contributed by atoms with Crippen LogP contribution in [0.2, 0.25) is 0 Å².